The summed E-state index contributed by atoms with van der Waals surface area (Å²) in [6.45, 7) is 9.83. The lowest BCUT2D eigenvalue weighted by molar-refractivity contribution is -0.121. The summed E-state index contributed by atoms with van der Waals surface area (Å²) in [6, 6.07) is 10.5. The fraction of sp³-hybridized carbons (Fsp3) is 0.440. The fourth-order valence-corrected chi connectivity index (χ4v) is 4.96. The van der Waals surface area contributed by atoms with E-state index in [9.17, 15) is 9.59 Å². The number of nitrogens with one attached hydrogen (secondary N) is 1. The zero-order chi connectivity index (χ0) is 22.4. The van der Waals surface area contributed by atoms with Gasteiger partial charge in [-0.1, -0.05) is 18.2 Å². The lowest BCUT2D eigenvalue weighted by Gasteiger charge is -2.29. The number of carbonyl (C=O) groups excluding carboxylic acids is 2. The third-order valence-electron chi connectivity index (χ3n) is 6.35. The highest BCUT2D eigenvalue weighted by Gasteiger charge is 2.35. The molecule has 4 rings (SSSR count). The van der Waals surface area contributed by atoms with Crippen molar-refractivity contribution in [2.75, 3.05) is 32.1 Å². The Morgan fingerprint density at radius 3 is 2.45 bits per heavy atom. The Hall–Kier alpha value is -2.86. The number of anilines is 1. The fourth-order valence-electron chi connectivity index (χ4n) is 4.96. The largest absolute Gasteiger partial charge is 0.338 e. The smallest absolute Gasteiger partial charge is 0.330 e. The second kappa shape index (κ2) is 8.00. The molecule has 164 valence electrons. The molecular formula is C25H32N4O2. The summed E-state index contributed by atoms with van der Waals surface area (Å²) in [6.07, 6.45) is 0.753. The number of fused-ring (bicyclic) bond motifs is 3. The monoisotopic (exact) mass is 420 g/mol. The normalized spacial score (nSPS) is 16.4. The van der Waals surface area contributed by atoms with Gasteiger partial charge in [0.05, 0.1) is 17.1 Å². The third kappa shape index (κ3) is 3.39. The van der Waals surface area contributed by atoms with E-state index in [1.165, 1.54) is 15.3 Å². The van der Waals surface area contributed by atoms with Crippen molar-refractivity contribution >= 4 is 39.4 Å². The van der Waals surface area contributed by atoms with Crippen LogP contribution in [-0.4, -0.2) is 48.6 Å². The minimum absolute atomic E-state index is 0.123. The summed E-state index contributed by atoms with van der Waals surface area (Å²) >= 11 is 0. The molecule has 1 saturated heterocycles. The van der Waals surface area contributed by atoms with Crippen LogP contribution in [0.25, 0.3) is 21.8 Å². The molecular weight excluding hydrogens is 388 g/mol. The molecule has 0 aliphatic carbocycles. The van der Waals surface area contributed by atoms with E-state index in [0.29, 0.717) is 6.54 Å². The minimum atomic E-state index is -0.296. The van der Waals surface area contributed by atoms with Crippen molar-refractivity contribution in [3.63, 3.8) is 0 Å². The third-order valence-corrected chi connectivity index (χ3v) is 6.35. The molecule has 0 spiro atoms. The standard InChI is InChI=1S/C25H32N4O2/c1-15(2)28-20-10-8-7-9-19(20)22-17(4)23(16(3)13-21(22)28)29(25(31)27(5)6)24(30)18-11-12-26-14-18/h7-10,13,15,18,26H,11-12,14H2,1-6H3. The van der Waals surface area contributed by atoms with Crippen LogP contribution in [0.1, 0.15) is 37.4 Å². The van der Waals surface area contributed by atoms with Crippen LogP contribution in [0.4, 0.5) is 10.5 Å². The van der Waals surface area contributed by atoms with Gasteiger partial charge in [0.25, 0.3) is 0 Å². The second-order valence-electron chi connectivity index (χ2n) is 9.08. The first-order chi connectivity index (χ1) is 14.7. The van der Waals surface area contributed by atoms with Crippen molar-refractivity contribution < 1.29 is 9.59 Å². The lowest BCUT2D eigenvalue weighted by Crippen LogP contribution is -2.47. The predicted molar refractivity (Wildman–Crippen MR) is 127 cm³/mol. The highest BCUT2D eigenvalue weighted by Crippen LogP contribution is 2.40. The molecule has 2 aromatic carbocycles. The number of carbonyl (C=O) groups is 2. The molecule has 1 aromatic heterocycles. The Balaban J connectivity index is 2.02. The van der Waals surface area contributed by atoms with Crippen LogP contribution in [0.15, 0.2) is 30.3 Å². The van der Waals surface area contributed by atoms with Crippen molar-refractivity contribution in [1.29, 1.82) is 0 Å². The molecule has 1 aliphatic heterocycles. The van der Waals surface area contributed by atoms with Gasteiger partial charge in [-0.2, -0.15) is 0 Å². The van der Waals surface area contributed by atoms with Gasteiger partial charge in [0, 0.05) is 43.0 Å². The number of hydrogen-bond acceptors (Lipinski definition) is 3. The molecule has 1 fully saturated rings. The number of urea groups is 1. The van der Waals surface area contributed by atoms with Crippen LogP contribution in [0, 0.1) is 19.8 Å². The highest BCUT2D eigenvalue weighted by molar-refractivity contribution is 6.19. The molecule has 6 nitrogen and oxygen atoms in total. The number of imide groups is 1. The molecule has 0 radical (unpaired) electrons. The first kappa shape index (κ1) is 21.4. The first-order valence-corrected chi connectivity index (χ1v) is 11.0. The lowest BCUT2D eigenvalue weighted by atomic mass is 9.99. The number of amides is 3. The second-order valence-corrected chi connectivity index (χ2v) is 9.08. The molecule has 1 N–H and O–H groups in total. The molecule has 1 atom stereocenters. The van der Waals surface area contributed by atoms with Crippen molar-refractivity contribution in [1.82, 2.24) is 14.8 Å². The summed E-state index contributed by atoms with van der Waals surface area (Å²) in [5.74, 6) is -0.308. The summed E-state index contributed by atoms with van der Waals surface area (Å²) in [5.41, 5.74) is 4.94. The van der Waals surface area contributed by atoms with E-state index in [0.717, 1.165) is 46.1 Å². The molecule has 3 amide bonds. The Morgan fingerprint density at radius 2 is 1.84 bits per heavy atom. The average Bonchev–Trinajstić information content (AvgIpc) is 3.36. The van der Waals surface area contributed by atoms with Crippen LogP contribution in [0.3, 0.4) is 0 Å². The number of para-hydroxylation sites is 1. The molecule has 1 unspecified atom stereocenters. The van der Waals surface area contributed by atoms with Crippen LogP contribution in [0.2, 0.25) is 0 Å². The van der Waals surface area contributed by atoms with Crippen molar-refractivity contribution in [2.24, 2.45) is 5.92 Å². The zero-order valence-corrected chi connectivity index (χ0v) is 19.3. The molecule has 0 bridgehead atoms. The van der Waals surface area contributed by atoms with E-state index in [-0.39, 0.29) is 23.9 Å². The maximum absolute atomic E-state index is 13.5. The van der Waals surface area contributed by atoms with Gasteiger partial charge in [0.1, 0.15) is 0 Å². The minimum Gasteiger partial charge on any atom is -0.338 e. The Morgan fingerprint density at radius 1 is 1.13 bits per heavy atom. The quantitative estimate of drug-likeness (QED) is 0.673. The van der Waals surface area contributed by atoms with Gasteiger partial charge >= 0.3 is 6.03 Å². The Labute approximate surface area is 183 Å². The van der Waals surface area contributed by atoms with Gasteiger partial charge in [-0.05, 0) is 63.9 Å². The van der Waals surface area contributed by atoms with Crippen LogP contribution >= 0.6 is 0 Å². The molecule has 6 heteroatoms. The van der Waals surface area contributed by atoms with Gasteiger partial charge in [-0.25, -0.2) is 9.69 Å². The number of rotatable bonds is 3. The number of nitrogens with zero attached hydrogens (tertiary/aromatic N) is 3. The van der Waals surface area contributed by atoms with Crippen LogP contribution in [0.5, 0.6) is 0 Å². The van der Waals surface area contributed by atoms with E-state index < -0.39 is 0 Å². The van der Waals surface area contributed by atoms with Crippen molar-refractivity contribution in [3.8, 4) is 0 Å². The molecule has 2 heterocycles. The molecule has 1 aliphatic rings. The van der Waals surface area contributed by atoms with Gasteiger partial charge in [0.2, 0.25) is 5.91 Å². The summed E-state index contributed by atoms with van der Waals surface area (Å²) in [4.78, 5) is 29.7. The van der Waals surface area contributed by atoms with Crippen LogP contribution in [-0.2, 0) is 4.79 Å². The molecule has 3 aromatic rings. The van der Waals surface area contributed by atoms with Crippen molar-refractivity contribution in [2.45, 2.75) is 40.2 Å². The highest BCUT2D eigenvalue weighted by atomic mass is 16.2. The van der Waals surface area contributed by atoms with Gasteiger partial charge in [-0.3, -0.25) is 4.79 Å². The van der Waals surface area contributed by atoms with E-state index in [2.05, 4.69) is 48.0 Å². The summed E-state index contributed by atoms with van der Waals surface area (Å²) < 4.78 is 2.34. The summed E-state index contributed by atoms with van der Waals surface area (Å²) in [5, 5.41) is 5.51. The number of aromatic nitrogens is 1. The topological polar surface area (TPSA) is 57.6 Å². The number of aryl methyl sites for hydroxylation is 2. The molecule has 0 saturated carbocycles. The predicted octanol–water partition coefficient (Wildman–Crippen LogP) is 4.62. The van der Waals surface area contributed by atoms with E-state index in [1.54, 1.807) is 14.1 Å². The van der Waals surface area contributed by atoms with Gasteiger partial charge < -0.3 is 14.8 Å². The van der Waals surface area contributed by atoms with E-state index in [4.69, 9.17) is 0 Å². The maximum atomic E-state index is 13.5. The maximum Gasteiger partial charge on any atom is 0.330 e. The average molecular weight is 421 g/mol. The van der Waals surface area contributed by atoms with E-state index in [1.807, 2.05) is 19.9 Å². The van der Waals surface area contributed by atoms with E-state index >= 15 is 0 Å². The number of benzene rings is 2. The van der Waals surface area contributed by atoms with Gasteiger partial charge in [-0.15, -0.1) is 0 Å². The zero-order valence-electron chi connectivity index (χ0n) is 19.3. The van der Waals surface area contributed by atoms with Crippen molar-refractivity contribution in [3.05, 3.63) is 41.5 Å². The first-order valence-electron chi connectivity index (χ1n) is 11.0. The summed E-state index contributed by atoms with van der Waals surface area (Å²) in [7, 11) is 3.40. The molecule has 31 heavy (non-hydrogen) atoms. The van der Waals surface area contributed by atoms with Crippen LogP contribution < -0.4 is 10.2 Å². The Bertz CT molecular complexity index is 1170. The van der Waals surface area contributed by atoms with Gasteiger partial charge in [0.15, 0.2) is 0 Å². The number of hydrogen-bond donors (Lipinski definition) is 1. The SMILES string of the molecule is Cc1cc2c(c(C)c1N(C(=O)C1CCNC1)C(=O)N(C)C)c1ccccc1n2C(C)C. The Kier molecular flexibility index (Phi) is 5.52.